The number of anilines is 1. The summed E-state index contributed by atoms with van der Waals surface area (Å²) in [6, 6.07) is 3.59. The highest BCUT2D eigenvalue weighted by Crippen LogP contribution is 2.30. The number of carbonyl (C=O) groups is 1. The smallest absolute Gasteiger partial charge is 0.252 e. The molecule has 0 radical (unpaired) electrons. The van der Waals surface area contributed by atoms with Gasteiger partial charge in [-0.15, -0.1) is 0 Å². The molecule has 0 aliphatic carbocycles. The Morgan fingerprint density at radius 3 is 2.48 bits per heavy atom. The molecular weight excluding hydrogens is 266 g/mol. The van der Waals surface area contributed by atoms with Crippen LogP contribution in [0.2, 0.25) is 0 Å². The molecule has 0 bridgehead atoms. The lowest BCUT2D eigenvalue weighted by Gasteiger charge is -2.31. The maximum absolute atomic E-state index is 11.7. The summed E-state index contributed by atoms with van der Waals surface area (Å²) >= 11 is 0. The van der Waals surface area contributed by atoms with E-state index in [0.29, 0.717) is 12.1 Å². The van der Waals surface area contributed by atoms with Crippen molar-refractivity contribution in [2.24, 2.45) is 5.41 Å². The zero-order valence-corrected chi connectivity index (χ0v) is 13.3. The Morgan fingerprint density at radius 1 is 1.29 bits per heavy atom. The minimum Gasteiger partial charge on any atom is -0.396 e. The topological polar surface area (TPSA) is 74.2 Å². The third kappa shape index (κ3) is 5.01. The standard InChI is InChI=1S/C16H27N3O2/c1-4-16(5-2,9-10-20)12-19-14-8-7-13(11-18-14)15(21)17-6-3/h7-8,11,20H,4-6,9-10,12H2,1-3H3,(H,17,21)(H,18,19). The summed E-state index contributed by atoms with van der Waals surface area (Å²) in [4.78, 5) is 15.9. The van der Waals surface area contributed by atoms with E-state index >= 15 is 0 Å². The van der Waals surface area contributed by atoms with Crippen LogP contribution in [0.3, 0.4) is 0 Å². The van der Waals surface area contributed by atoms with E-state index in [0.717, 1.165) is 31.6 Å². The number of nitrogens with one attached hydrogen (secondary N) is 2. The van der Waals surface area contributed by atoms with E-state index in [9.17, 15) is 9.90 Å². The van der Waals surface area contributed by atoms with Crippen LogP contribution in [0.1, 0.15) is 50.4 Å². The molecule has 0 atom stereocenters. The van der Waals surface area contributed by atoms with Gasteiger partial charge in [0.05, 0.1) is 5.56 Å². The van der Waals surface area contributed by atoms with E-state index in [1.54, 1.807) is 12.3 Å². The van der Waals surface area contributed by atoms with Crippen LogP contribution >= 0.6 is 0 Å². The van der Waals surface area contributed by atoms with Crippen LogP contribution in [0.5, 0.6) is 0 Å². The van der Waals surface area contributed by atoms with Crippen LogP contribution in [-0.2, 0) is 0 Å². The maximum atomic E-state index is 11.7. The number of carbonyl (C=O) groups excluding carboxylic acids is 1. The molecule has 21 heavy (non-hydrogen) atoms. The average molecular weight is 293 g/mol. The number of rotatable bonds is 9. The molecule has 0 saturated carbocycles. The summed E-state index contributed by atoms with van der Waals surface area (Å²) in [7, 11) is 0. The van der Waals surface area contributed by atoms with Gasteiger partial charge in [0.2, 0.25) is 0 Å². The van der Waals surface area contributed by atoms with E-state index < -0.39 is 0 Å². The largest absolute Gasteiger partial charge is 0.396 e. The molecule has 0 saturated heterocycles. The second-order valence-corrected chi connectivity index (χ2v) is 5.33. The second kappa shape index (κ2) is 8.62. The highest BCUT2D eigenvalue weighted by molar-refractivity contribution is 5.93. The van der Waals surface area contributed by atoms with E-state index in [4.69, 9.17) is 0 Å². The number of aliphatic hydroxyl groups is 1. The van der Waals surface area contributed by atoms with Crippen molar-refractivity contribution in [3.63, 3.8) is 0 Å². The van der Waals surface area contributed by atoms with Crippen LogP contribution in [0.4, 0.5) is 5.82 Å². The first kappa shape index (κ1) is 17.4. The van der Waals surface area contributed by atoms with Crippen molar-refractivity contribution in [2.45, 2.75) is 40.0 Å². The third-order valence-electron chi connectivity index (χ3n) is 4.15. The summed E-state index contributed by atoms with van der Waals surface area (Å²) in [6.07, 6.45) is 4.38. The molecule has 1 aromatic heterocycles. The lowest BCUT2D eigenvalue weighted by atomic mass is 9.79. The van der Waals surface area contributed by atoms with Gasteiger partial charge in [0, 0.05) is 25.9 Å². The Hall–Kier alpha value is -1.62. The van der Waals surface area contributed by atoms with Gasteiger partial charge >= 0.3 is 0 Å². The van der Waals surface area contributed by atoms with Crippen LogP contribution in [0.25, 0.3) is 0 Å². The molecule has 0 aliphatic heterocycles. The molecular formula is C16H27N3O2. The number of hydrogen-bond acceptors (Lipinski definition) is 4. The van der Waals surface area contributed by atoms with Crippen LogP contribution in [0.15, 0.2) is 18.3 Å². The number of aliphatic hydroxyl groups excluding tert-OH is 1. The zero-order chi connectivity index (χ0) is 15.7. The Kier molecular flexibility index (Phi) is 7.15. The Labute approximate surface area is 127 Å². The summed E-state index contributed by atoms with van der Waals surface area (Å²) in [6.45, 7) is 7.76. The van der Waals surface area contributed by atoms with Gasteiger partial charge in [0.25, 0.3) is 5.91 Å². The van der Waals surface area contributed by atoms with Crippen molar-refractivity contribution < 1.29 is 9.90 Å². The summed E-state index contributed by atoms with van der Waals surface area (Å²) < 4.78 is 0. The van der Waals surface area contributed by atoms with E-state index in [1.807, 2.05) is 13.0 Å². The Morgan fingerprint density at radius 2 is 2.00 bits per heavy atom. The number of pyridine rings is 1. The molecule has 1 heterocycles. The van der Waals surface area contributed by atoms with Crippen LogP contribution < -0.4 is 10.6 Å². The first-order chi connectivity index (χ1) is 10.1. The number of nitrogens with zero attached hydrogens (tertiary/aromatic N) is 1. The molecule has 0 fully saturated rings. The van der Waals surface area contributed by atoms with Gasteiger partial charge in [-0.2, -0.15) is 0 Å². The van der Waals surface area contributed by atoms with E-state index in [-0.39, 0.29) is 17.9 Å². The second-order valence-electron chi connectivity index (χ2n) is 5.33. The lowest BCUT2D eigenvalue weighted by Crippen LogP contribution is -2.30. The lowest BCUT2D eigenvalue weighted by molar-refractivity contribution is 0.0955. The molecule has 1 amide bonds. The van der Waals surface area contributed by atoms with Crippen molar-refractivity contribution in [2.75, 3.05) is 25.0 Å². The number of hydrogen-bond donors (Lipinski definition) is 3. The fourth-order valence-electron chi connectivity index (χ4n) is 2.35. The van der Waals surface area contributed by atoms with Gasteiger partial charge in [-0.3, -0.25) is 4.79 Å². The molecule has 5 heteroatoms. The van der Waals surface area contributed by atoms with Gasteiger partial charge in [-0.05, 0) is 43.7 Å². The number of aromatic nitrogens is 1. The van der Waals surface area contributed by atoms with Crippen molar-refractivity contribution in [1.29, 1.82) is 0 Å². The van der Waals surface area contributed by atoms with Gasteiger partial charge in [0.1, 0.15) is 5.82 Å². The zero-order valence-electron chi connectivity index (χ0n) is 13.3. The molecule has 3 N–H and O–H groups in total. The minimum absolute atomic E-state index is 0.0920. The van der Waals surface area contributed by atoms with Crippen molar-refractivity contribution >= 4 is 11.7 Å². The van der Waals surface area contributed by atoms with Gasteiger partial charge < -0.3 is 15.7 Å². The Balaban J connectivity index is 2.65. The molecule has 5 nitrogen and oxygen atoms in total. The molecule has 1 rings (SSSR count). The molecule has 1 aromatic rings. The normalized spacial score (nSPS) is 11.2. The molecule has 0 aromatic carbocycles. The monoisotopic (exact) mass is 293 g/mol. The van der Waals surface area contributed by atoms with Gasteiger partial charge in [-0.1, -0.05) is 13.8 Å². The fourth-order valence-corrected chi connectivity index (χ4v) is 2.35. The van der Waals surface area contributed by atoms with Crippen molar-refractivity contribution in [3.8, 4) is 0 Å². The quantitative estimate of drug-likeness (QED) is 0.654. The predicted octanol–water partition coefficient (Wildman–Crippen LogP) is 2.43. The average Bonchev–Trinajstić information content (AvgIpc) is 2.52. The third-order valence-corrected chi connectivity index (χ3v) is 4.15. The maximum Gasteiger partial charge on any atom is 0.252 e. The molecule has 0 aliphatic rings. The highest BCUT2D eigenvalue weighted by atomic mass is 16.3. The molecule has 0 unspecified atom stereocenters. The van der Waals surface area contributed by atoms with E-state index in [1.165, 1.54) is 0 Å². The summed E-state index contributed by atoms with van der Waals surface area (Å²) in [5.41, 5.74) is 0.657. The molecule has 0 spiro atoms. The fraction of sp³-hybridized carbons (Fsp3) is 0.625. The SMILES string of the molecule is CCNC(=O)c1ccc(NCC(CC)(CC)CCO)nc1. The summed E-state index contributed by atoms with van der Waals surface area (Å²) in [5, 5.41) is 15.3. The predicted molar refractivity (Wildman–Crippen MR) is 85.5 cm³/mol. The molecule has 118 valence electrons. The van der Waals surface area contributed by atoms with Gasteiger partial charge in [-0.25, -0.2) is 4.98 Å². The summed E-state index contributed by atoms with van der Waals surface area (Å²) in [5.74, 6) is 0.653. The van der Waals surface area contributed by atoms with E-state index in [2.05, 4.69) is 29.5 Å². The Bertz CT molecular complexity index is 428. The number of amides is 1. The van der Waals surface area contributed by atoms with Crippen LogP contribution in [-0.4, -0.2) is 35.7 Å². The minimum atomic E-state index is -0.103. The first-order valence-corrected chi connectivity index (χ1v) is 7.69. The highest BCUT2D eigenvalue weighted by Gasteiger charge is 2.25. The van der Waals surface area contributed by atoms with Gasteiger partial charge in [0.15, 0.2) is 0 Å². The first-order valence-electron chi connectivity index (χ1n) is 7.69. The van der Waals surface area contributed by atoms with Crippen molar-refractivity contribution in [3.05, 3.63) is 23.9 Å². The van der Waals surface area contributed by atoms with Crippen molar-refractivity contribution in [1.82, 2.24) is 10.3 Å². The van der Waals surface area contributed by atoms with Crippen LogP contribution in [0, 0.1) is 5.41 Å².